The maximum absolute atomic E-state index is 8.77. The van der Waals surface area contributed by atoms with Gasteiger partial charge in [-0.15, -0.1) is 0 Å². The van der Waals surface area contributed by atoms with Gasteiger partial charge in [-0.3, -0.25) is 4.57 Å². The van der Waals surface area contributed by atoms with Crippen LogP contribution in [0, 0.1) is 5.92 Å². The minimum absolute atomic E-state index is 0.823. The average molecular weight is 429 g/mol. The van der Waals surface area contributed by atoms with Gasteiger partial charge in [0.25, 0.3) is 7.82 Å². The first-order valence-corrected chi connectivity index (χ1v) is 11.8. The van der Waals surface area contributed by atoms with E-state index in [1.54, 1.807) is 0 Å². The summed E-state index contributed by atoms with van der Waals surface area (Å²) in [4.78, 5) is 22.9. The summed E-state index contributed by atoms with van der Waals surface area (Å²) in [5, 5.41) is 0.823. The molecule has 1 aromatic carbocycles. The molecule has 1 fully saturated rings. The molecule has 0 bridgehead atoms. The number of aryl methyl sites for hydroxylation is 2. The molecule has 6 nitrogen and oxygen atoms in total. The van der Waals surface area contributed by atoms with Crippen LogP contribution in [0.15, 0.2) is 43.0 Å². The molecular formula is C20H30ClN2O4P. The summed E-state index contributed by atoms with van der Waals surface area (Å²) in [6.45, 7) is 2.32. The van der Waals surface area contributed by atoms with Crippen molar-refractivity contribution in [1.82, 2.24) is 4.57 Å². The lowest BCUT2D eigenvalue weighted by Gasteiger charge is -2.19. The first kappa shape index (κ1) is 23.1. The van der Waals surface area contributed by atoms with Crippen LogP contribution in [0.1, 0.15) is 50.5 Å². The quantitative estimate of drug-likeness (QED) is 0.401. The highest BCUT2D eigenvalue weighted by atomic mass is 35.5. The van der Waals surface area contributed by atoms with E-state index in [2.05, 4.69) is 40.0 Å². The molecule has 0 saturated heterocycles. The second-order valence-corrected chi connectivity index (χ2v) is 8.84. The second-order valence-electron chi connectivity index (χ2n) is 7.43. The Hall–Kier alpha value is -1.17. The van der Waals surface area contributed by atoms with Crippen molar-refractivity contribution in [3.05, 3.63) is 53.6 Å². The summed E-state index contributed by atoms with van der Waals surface area (Å²) in [5.74, 6) is 0.898. The van der Waals surface area contributed by atoms with Gasteiger partial charge in [-0.1, -0.05) is 43.0 Å². The SMILES string of the molecule is Clc1ccc(CCCCn2cc[n+](CC3CCCCC3)c2)cc1.O=P([O-])(O)O. The van der Waals surface area contributed by atoms with Gasteiger partial charge in [0.05, 0.1) is 13.1 Å². The van der Waals surface area contributed by atoms with Gasteiger partial charge in [-0.05, 0) is 55.7 Å². The number of unbranched alkanes of at least 4 members (excludes halogenated alkanes) is 1. The molecule has 0 atom stereocenters. The molecule has 1 aromatic heterocycles. The molecule has 0 aliphatic heterocycles. The molecule has 1 saturated carbocycles. The van der Waals surface area contributed by atoms with Crippen LogP contribution in [0.5, 0.6) is 0 Å². The highest BCUT2D eigenvalue weighted by Gasteiger charge is 2.16. The van der Waals surface area contributed by atoms with Crippen LogP contribution >= 0.6 is 19.4 Å². The average Bonchev–Trinajstić information content (AvgIpc) is 3.07. The number of nitrogens with zero attached hydrogens (tertiary/aromatic N) is 2. The van der Waals surface area contributed by atoms with Crippen molar-refractivity contribution in [2.45, 2.75) is 64.5 Å². The van der Waals surface area contributed by atoms with Gasteiger partial charge in [0, 0.05) is 5.02 Å². The third-order valence-electron chi connectivity index (χ3n) is 4.99. The predicted molar refractivity (Wildman–Crippen MR) is 108 cm³/mol. The molecule has 0 radical (unpaired) electrons. The third kappa shape index (κ3) is 10.4. The Morgan fingerprint density at radius 2 is 1.79 bits per heavy atom. The summed E-state index contributed by atoms with van der Waals surface area (Å²) in [6, 6.07) is 8.24. The smallest absolute Gasteiger partial charge is 0.262 e. The van der Waals surface area contributed by atoms with Crippen molar-refractivity contribution in [1.29, 1.82) is 0 Å². The maximum atomic E-state index is 8.77. The molecule has 8 heteroatoms. The first-order valence-electron chi connectivity index (χ1n) is 9.85. The fourth-order valence-corrected chi connectivity index (χ4v) is 3.75. The number of phosphoric acid groups is 1. The van der Waals surface area contributed by atoms with Crippen LogP contribution in [0.4, 0.5) is 0 Å². The van der Waals surface area contributed by atoms with Gasteiger partial charge in [0.2, 0.25) is 6.33 Å². The van der Waals surface area contributed by atoms with Gasteiger partial charge in [0.15, 0.2) is 0 Å². The van der Waals surface area contributed by atoms with E-state index in [1.807, 2.05) is 12.1 Å². The Bertz CT molecular complexity index is 731. The van der Waals surface area contributed by atoms with Crippen molar-refractivity contribution < 1.29 is 23.8 Å². The van der Waals surface area contributed by atoms with Crippen molar-refractivity contribution in [2.75, 3.05) is 0 Å². The number of halogens is 1. The van der Waals surface area contributed by atoms with E-state index in [0.29, 0.717) is 0 Å². The van der Waals surface area contributed by atoms with E-state index >= 15 is 0 Å². The molecule has 1 aliphatic rings. The topological polar surface area (TPSA) is 89.4 Å². The summed E-state index contributed by atoms with van der Waals surface area (Å²) in [6.07, 6.45) is 17.5. The standard InChI is InChI=1S/C20H28ClN2.H3O4P/c21-20-11-9-18(10-12-20)6-4-5-13-22-14-15-23(17-22)16-19-7-2-1-3-8-19;1-5(2,3)4/h9-12,14-15,17,19H,1-8,13,16H2;(H3,1,2,3,4)/q+1;/p-1. The first-order chi connectivity index (χ1) is 13.3. The van der Waals surface area contributed by atoms with Gasteiger partial charge < -0.3 is 14.7 Å². The van der Waals surface area contributed by atoms with E-state index in [4.69, 9.17) is 30.8 Å². The number of benzene rings is 1. The fourth-order valence-electron chi connectivity index (χ4n) is 3.62. The Morgan fingerprint density at radius 1 is 1.14 bits per heavy atom. The van der Waals surface area contributed by atoms with Gasteiger partial charge in [0.1, 0.15) is 12.4 Å². The molecule has 156 valence electrons. The molecule has 28 heavy (non-hydrogen) atoms. The molecule has 2 N–H and O–H groups in total. The molecule has 0 spiro atoms. The van der Waals surface area contributed by atoms with E-state index < -0.39 is 7.82 Å². The van der Waals surface area contributed by atoms with Crippen molar-refractivity contribution in [3.63, 3.8) is 0 Å². The lowest BCUT2D eigenvalue weighted by molar-refractivity contribution is -0.703. The molecule has 0 amide bonds. The fraction of sp³-hybridized carbons (Fsp3) is 0.550. The highest BCUT2D eigenvalue weighted by Crippen LogP contribution is 2.23. The Labute approximate surface area is 172 Å². The molecule has 3 rings (SSSR count). The van der Waals surface area contributed by atoms with E-state index in [0.717, 1.165) is 23.9 Å². The summed E-state index contributed by atoms with van der Waals surface area (Å²) in [7, 11) is -4.89. The Kier molecular flexibility index (Phi) is 9.69. The number of hydrogen-bond acceptors (Lipinski definition) is 2. The normalized spacial score (nSPS) is 15.1. The molecular weight excluding hydrogens is 399 g/mol. The van der Waals surface area contributed by atoms with Crippen LogP contribution in [-0.2, 0) is 24.1 Å². The summed E-state index contributed by atoms with van der Waals surface area (Å²) in [5.41, 5.74) is 1.38. The van der Waals surface area contributed by atoms with Gasteiger partial charge in [-0.25, -0.2) is 9.13 Å². The van der Waals surface area contributed by atoms with Crippen molar-refractivity contribution in [2.24, 2.45) is 5.92 Å². The van der Waals surface area contributed by atoms with Crippen LogP contribution in [0.25, 0.3) is 0 Å². The Morgan fingerprint density at radius 3 is 2.43 bits per heavy atom. The van der Waals surface area contributed by atoms with E-state index in [9.17, 15) is 0 Å². The molecule has 0 unspecified atom stereocenters. The minimum atomic E-state index is -4.89. The van der Waals surface area contributed by atoms with Crippen molar-refractivity contribution in [3.8, 4) is 0 Å². The number of hydrogen-bond donors (Lipinski definition) is 2. The van der Waals surface area contributed by atoms with E-state index in [-0.39, 0.29) is 0 Å². The molecule has 1 aliphatic carbocycles. The lowest BCUT2D eigenvalue weighted by Crippen LogP contribution is -2.36. The monoisotopic (exact) mass is 428 g/mol. The minimum Gasteiger partial charge on any atom is -0.756 e. The summed E-state index contributed by atoms with van der Waals surface area (Å²) < 4.78 is 13.5. The number of rotatable bonds is 7. The second kappa shape index (κ2) is 11.7. The van der Waals surface area contributed by atoms with Crippen LogP contribution in [0.2, 0.25) is 5.02 Å². The largest absolute Gasteiger partial charge is 0.756 e. The number of imidazole rings is 1. The number of aromatic nitrogens is 2. The molecule has 2 aromatic rings. The Balaban J connectivity index is 0.000000500. The van der Waals surface area contributed by atoms with Crippen LogP contribution in [0.3, 0.4) is 0 Å². The zero-order valence-electron chi connectivity index (χ0n) is 16.1. The van der Waals surface area contributed by atoms with Crippen LogP contribution < -0.4 is 9.46 Å². The van der Waals surface area contributed by atoms with Gasteiger partial charge in [-0.2, -0.15) is 0 Å². The lowest BCUT2D eigenvalue weighted by atomic mass is 9.89. The van der Waals surface area contributed by atoms with Crippen LogP contribution in [-0.4, -0.2) is 14.4 Å². The summed E-state index contributed by atoms with van der Waals surface area (Å²) >= 11 is 5.92. The molecule has 1 heterocycles. The van der Waals surface area contributed by atoms with E-state index in [1.165, 1.54) is 57.1 Å². The zero-order chi connectivity index (χ0) is 20.4. The zero-order valence-corrected chi connectivity index (χ0v) is 17.8. The third-order valence-corrected chi connectivity index (χ3v) is 5.24. The maximum Gasteiger partial charge on any atom is 0.262 e. The predicted octanol–water partition coefficient (Wildman–Crippen LogP) is 3.47. The highest BCUT2D eigenvalue weighted by molar-refractivity contribution is 7.43. The van der Waals surface area contributed by atoms with Gasteiger partial charge >= 0.3 is 0 Å². The van der Waals surface area contributed by atoms with Crippen molar-refractivity contribution >= 4 is 19.4 Å².